The van der Waals surface area contributed by atoms with Crippen molar-refractivity contribution in [2.75, 3.05) is 29.9 Å². The predicted molar refractivity (Wildman–Crippen MR) is 94.0 cm³/mol. The summed E-state index contributed by atoms with van der Waals surface area (Å²) in [6.45, 7) is 4.95. The zero-order valence-corrected chi connectivity index (χ0v) is 13.8. The third-order valence-electron chi connectivity index (χ3n) is 4.28. The van der Waals surface area contributed by atoms with Crippen LogP contribution in [-0.2, 0) is 0 Å². The fourth-order valence-corrected chi connectivity index (χ4v) is 3.19. The fourth-order valence-electron chi connectivity index (χ4n) is 3.02. The lowest BCUT2D eigenvalue weighted by Crippen LogP contribution is -2.23. The van der Waals surface area contributed by atoms with Gasteiger partial charge in [-0.15, -0.1) is 0 Å². The van der Waals surface area contributed by atoms with Crippen LogP contribution >= 0.6 is 11.6 Å². The number of rotatable bonds is 4. The molecule has 1 N–H and O–H groups in total. The molecule has 0 saturated carbocycles. The topological polar surface area (TPSA) is 52.0 Å². The Morgan fingerprint density at radius 1 is 1.43 bits per heavy atom. The largest absolute Gasteiger partial charge is 0.371 e. The quantitative estimate of drug-likeness (QED) is 0.927. The lowest BCUT2D eigenvalue weighted by atomic mass is 10.1. The van der Waals surface area contributed by atoms with Crippen LogP contribution in [0, 0.1) is 24.2 Å². The molecule has 1 unspecified atom stereocenters. The molecule has 1 saturated heterocycles. The Morgan fingerprint density at radius 3 is 3.13 bits per heavy atom. The second kappa shape index (κ2) is 6.89. The predicted octanol–water partition coefficient (Wildman–Crippen LogP) is 3.85. The summed E-state index contributed by atoms with van der Waals surface area (Å²) in [5.41, 5.74) is 3.06. The molecular weight excluding hydrogens is 308 g/mol. The van der Waals surface area contributed by atoms with E-state index in [2.05, 4.69) is 34.3 Å². The zero-order chi connectivity index (χ0) is 16.2. The van der Waals surface area contributed by atoms with Gasteiger partial charge in [0.05, 0.1) is 5.56 Å². The number of nitriles is 1. The van der Waals surface area contributed by atoms with Crippen molar-refractivity contribution in [1.29, 1.82) is 5.26 Å². The molecule has 1 aliphatic heterocycles. The van der Waals surface area contributed by atoms with E-state index in [1.54, 1.807) is 18.3 Å². The zero-order valence-electron chi connectivity index (χ0n) is 13.1. The standard InChI is InChI=1S/C18H19ClN4/c1-13-4-5-16(19)9-17(13)23-8-6-14(12-23)11-22-18-15(10-20)3-2-7-21-18/h2-5,7,9,14H,6,8,11-12H2,1H3,(H,21,22). The number of halogens is 1. The van der Waals surface area contributed by atoms with Gasteiger partial charge in [0.1, 0.15) is 11.9 Å². The Balaban J connectivity index is 1.62. The van der Waals surface area contributed by atoms with Crippen LogP contribution in [-0.4, -0.2) is 24.6 Å². The number of anilines is 2. The Labute approximate surface area is 141 Å². The molecule has 118 valence electrons. The average molecular weight is 327 g/mol. The van der Waals surface area contributed by atoms with Crippen LogP contribution in [0.25, 0.3) is 0 Å². The summed E-state index contributed by atoms with van der Waals surface area (Å²) in [5, 5.41) is 13.2. The van der Waals surface area contributed by atoms with Crippen LogP contribution < -0.4 is 10.2 Å². The van der Waals surface area contributed by atoms with Crippen molar-refractivity contribution in [1.82, 2.24) is 4.98 Å². The van der Waals surface area contributed by atoms with Gasteiger partial charge in [-0.25, -0.2) is 4.98 Å². The molecule has 1 atom stereocenters. The van der Waals surface area contributed by atoms with E-state index in [-0.39, 0.29) is 0 Å². The summed E-state index contributed by atoms with van der Waals surface area (Å²) in [6.07, 6.45) is 2.83. The first-order valence-electron chi connectivity index (χ1n) is 7.77. The van der Waals surface area contributed by atoms with E-state index < -0.39 is 0 Å². The number of hydrogen-bond acceptors (Lipinski definition) is 4. The second-order valence-corrected chi connectivity index (χ2v) is 6.36. The molecule has 0 spiro atoms. The summed E-state index contributed by atoms with van der Waals surface area (Å²) in [5.74, 6) is 1.20. The molecule has 2 aromatic rings. The number of hydrogen-bond donors (Lipinski definition) is 1. The van der Waals surface area contributed by atoms with Crippen LogP contribution in [0.2, 0.25) is 5.02 Å². The van der Waals surface area contributed by atoms with Gasteiger partial charge in [-0.05, 0) is 49.1 Å². The maximum Gasteiger partial charge on any atom is 0.143 e. The summed E-state index contributed by atoms with van der Waals surface area (Å²) < 4.78 is 0. The number of pyridine rings is 1. The van der Waals surface area contributed by atoms with Crippen LogP contribution in [0.5, 0.6) is 0 Å². The number of benzene rings is 1. The molecule has 3 rings (SSSR count). The molecule has 5 heteroatoms. The van der Waals surface area contributed by atoms with Gasteiger partial charge in [-0.1, -0.05) is 17.7 Å². The lowest BCUT2D eigenvalue weighted by molar-refractivity contribution is 0.621. The third kappa shape index (κ3) is 3.57. The monoisotopic (exact) mass is 326 g/mol. The molecule has 0 radical (unpaired) electrons. The van der Waals surface area contributed by atoms with Crippen molar-refractivity contribution in [3.63, 3.8) is 0 Å². The van der Waals surface area contributed by atoms with E-state index in [4.69, 9.17) is 16.9 Å². The molecule has 23 heavy (non-hydrogen) atoms. The summed E-state index contributed by atoms with van der Waals surface area (Å²) >= 11 is 6.13. The number of nitrogens with zero attached hydrogens (tertiary/aromatic N) is 3. The first-order valence-corrected chi connectivity index (χ1v) is 8.15. The Bertz CT molecular complexity index is 738. The maximum absolute atomic E-state index is 9.11. The Morgan fingerprint density at radius 2 is 2.30 bits per heavy atom. The molecule has 1 fully saturated rings. The van der Waals surface area contributed by atoms with Crippen LogP contribution in [0.1, 0.15) is 17.5 Å². The minimum absolute atomic E-state index is 0.530. The molecule has 0 bridgehead atoms. The highest BCUT2D eigenvalue weighted by molar-refractivity contribution is 6.30. The van der Waals surface area contributed by atoms with E-state index in [9.17, 15) is 0 Å². The number of aryl methyl sites for hydroxylation is 1. The summed E-state index contributed by atoms with van der Waals surface area (Å²) in [4.78, 5) is 6.63. The lowest BCUT2D eigenvalue weighted by Gasteiger charge is -2.21. The molecule has 1 aromatic carbocycles. The highest BCUT2D eigenvalue weighted by atomic mass is 35.5. The van der Waals surface area contributed by atoms with Gasteiger partial charge >= 0.3 is 0 Å². The number of nitrogens with one attached hydrogen (secondary N) is 1. The van der Waals surface area contributed by atoms with Gasteiger partial charge < -0.3 is 10.2 Å². The van der Waals surface area contributed by atoms with Gasteiger partial charge in [-0.2, -0.15) is 5.26 Å². The first kappa shape index (κ1) is 15.6. The van der Waals surface area contributed by atoms with Crippen molar-refractivity contribution in [2.24, 2.45) is 5.92 Å². The molecular formula is C18H19ClN4. The van der Waals surface area contributed by atoms with Crippen molar-refractivity contribution >= 4 is 23.1 Å². The van der Waals surface area contributed by atoms with Crippen molar-refractivity contribution < 1.29 is 0 Å². The SMILES string of the molecule is Cc1ccc(Cl)cc1N1CCC(CNc2ncccc2C#N)C1. The Hall–Kier alpha value is -2.25. The highest BCUT2D eigenvalue weighted by Crippen LogP contribution is 2.29. The van der Waals surface area contributed by atoms with E-state index in [1.807, 2.05) is 12.1 Å². The summed E-state index contributed by atoms with van der Waals surface area (Å²) in [7, 11) is 0. The third-order valence-corrected chi connectivity index (χ3v) is 4.52. The van der Waals surface area contributed by atoms with Gasteiger partial charge in [0.2, 0.25) is 0 Å². The smallest absolute Gasteiger partial charge is 0.143 e. The van der Waals surface area contributed by atoms with Crippen molar-refractivity contribution in [2.45, 2.75) is 13.3 Å². The molecule has 2 heterocycles. The van der Waals surface area contributed by atoms with Crippen molar-refractivity contribution in [3.8, 4) is 6.07 Å². The fraction of sp³-hybridized carbons (Fsp3) is 0.333. The van der Waals surface area contributed by atoms with E-state index in [1.165, 1.54) is 11.3 Å². The van der Waals surface area contributed by atoms with Gasteiger partial charge in [0.15, 0.2) is 0 Å². The van der Waals surface area contributed by atoms with E-state index in [0.717, 1.165) is 31.1 Å². The molecule has 1 aromatic heterocycles. The minimum atomic E-state index is 0.530. The molecule has 0 amide bonds. The van der Waals surface area contributed by atoms with Crippen molar-refractivity contribution in [3.05, 3.63) is 52.7 Å². The molecule has 0 aliphatic carbocycles. The van der Waals surface area contributed by atoms with Crippen LogP contribution in [0.15, 0.2) is 36.5 Å². The molecule has 4 nitrogen and oxygen atoms in total. The average Bonchev–Trinajstić information content (AvgIpc) is 3.04. The molecule has 1 aliphatic rings. The summed E-state index contributed by atoms with van der Waals surface area (Å²) in [6, 6.07) is 11.8. The normalized spacial score (nSPS) is 17.1. The second-order valence-electron chi connectivity index (χ2n) is 5.92. The highest BCUT2D eigenvalue weighted by Gasteiger charge is 2.24. The number of aromatic nitrogens is 1. The van der Waals surface area contributed by atoms with Crippen LogP contribution in [0.4, 0.5) is 11.5 Å². The van der Waals surface area contributed by atoms with Crippen LogP contribution in [0.3, 0.4) is 0 Å². The minimum Gasteiger partial charge on any atom is -0.371 e. The van der Waals surface area contributed by atoms with Gasteiger partial charge in [0, 0.05) is 36.5 Å². The van der Waals surface area contributed by atoms with Gasteiger partial charge in [-0.3, -0.25) is 0 Å². The Kier molecular flexibility index (Phi) is 4.68. The maximum atomic E-state index is 9.11. The van der Waals surface area contributed by atoms with E-state index in [0.29, 0.717) is 17.3 Å². The van der Waals surface area contributed by atoms with E-state index >= 15 is 0 Å². The first-order chi connectivity index (χ1) is 11.2. The van der Waals surface area contributed by atoms with Gasteiger partial charge in [0.25, 0.3) is 0 Å².